The van der Waals surface area contributed by atoms with Gasteiger partial charge in [-0.25, -0.2) is 0 Å². The van der Waals surface area contributed by atoms with Crippen LogP contribution in [0.5, 0.6) is 0 Å². The van der Waals surface area contributed by atoms with Crippen molar-refractivity contribution in [2.75, 3.05) is 11.4 Å². The summed E-state index contributed by atoms with van der Waals surface area (Å²) >= 11 is 1.64. The van der Waals surface area contributed by atoms with Crippen LogP contribution < -0.4 is 4.90 Å². The fourth-order valence-electron chi connectivity index (χ4n) is 2.39. The maximum atomic E-state index is 12.3. The summed E-state index contributed by atoms with van der Waals surface area (Å²) in [7, 11) is 0. The van der Waals surface area contributed by atoms with Gasteiger partial charge in [0.05, 0.1) is 0 Å². The second kappa shape index (κ2) is 5.41. The molecule has 2 heterocycles. The number of carbonyl (C=O) groups excluding carboxylic acids is 1. The zero-order valence-electron chi connectivity index (χ0n) is 10.6. The van der Waals surface area contributed by atoms with Crippen molar-refractivity contribution in [3.63, 3.8) is 0 Å². The van der Waals surface area contributed by atoms with Gasteiger partial charge >= 0.3 is 0 Å². The smallest absolute Gasteiger partial charge is 0.251 e. The van der Waals surface area contributed by atoms with Crippen molar-refractivity contribution in [3.8, 4) is 0 Å². The fraction of sp³-hybridized carbons (Fsp3) is 0.188. The van der Waals surface area contributed by atoms with Crippen LogP contribution in [0.1, 0.15) is 16.9 Å². The number of hydrogen-bond acceptors (Lipinski definition) is 2. The maximum absolute atomic E-state index is 12.3. The average molecular weight is 269 g/mol. The SMILES string of the molecule is O=C(/C=C/c1cccs1)N1CCCc2ccccc21. The molecule has 0 atom stereocenters. The monoisotopic (exact) mass is 269 g/mol. The topological polar surface area (TPSA) is 20.3 Å². The molecule has 19 heavy (non-hydrogen) atoms. The third-order valence-corrected chi connectivity index (χ3v) is 4.15. The quantitative estimate of drug-likeness (QED) is 0.761. The Kier molecular flexibility index (Phi) is 3.47. The highest BCUT2D eigenvalue weighted by Crippen LogP contribution is 2.27. The highest BCUT2D eigenvalue weighted by Gasteiger charge is 2.20. The Bertz CT molecular complexity index is 601. The molecule has 0 saturated carbocycles. The number of thiophene rings is 1. The molecule has 0 N–H and O–H groups in total. The molecule has 0 fully saturated rings. The lowest BCUT2D eigenvalue weighted by molar-refractivity contribution is -0.114. The predicted molar refractivity (Wildman–Crippen MR) is 80.5 cm³/mol. The number of hydrogen-bond donors (Lipinski definition) is 0. The molecule has 1 aliphatic rings. The molecule has 1 aromatic carbocycles. The van der Waals surface area contributed by atoms with E-state index < -0.39 is 0 Å². The number of aryl methyl sites for hydroxylation is 1. The molecule has 2 aromatic rings. The van der Waals surface area contributed by atoms with E-state index in [-0.39, 0.29) is 5.91 Å². The lowest BCUT2D eigenvalue weighted by Gasteiger charge is -2.28. The van der Waals surface area contributed by atoms with Crippen molar-refractivity contribution in [1.82, 2.24) is 0 Å². The summed E-state index contributed by atoms with van der Waals surface area (Å²) in [6.45, 7) is 0.810. The van der Waals surface area contributed by atoms with Crippen molar-refractivity contribution in [3.05, 3.63) is 58.3 Å². The third-order valence-electron chi connectivity index (χ3n) is 3.31. The normalized spacial score (nSPS) is 14.6. The van der Waals surface area contributed by atoms with Crippen molar-refractivity contribution >= 4 is 29.0 Å². The minimum Gasteiger partial charge on any atom is -0.309 e. The summed E-state index contributed by atoms with van der Waals surface area (Å²) in [6.07, 6.45) is 5.67. The number of nitrogens with zero attached hydrogens (tertiary/aromatic N) is 1. The van der Waals surface area contributed by atoms with Gasteiger partial charge in [-0.1, -0.05) is 24.3 Å². The van der Waals surface area contributed by atoms with Crippen LogP contribution in [0.25, 0.3) is 6.08 Å². The second-order valence-electron chi connectivity index (χ2n) is 4.57. The zero-order valence-corrected chi connectivity index (χ0v) is 11.4. The van der Waals surface area contributed by atoms with Crippen LogP contribution in [-0.2, 0) is 11.2 Å². The molecule has 0 radical (unpaired) electrons. The second-order valence-corrected chi connectivity index (χ2v) is 5.55. The van der Waals surface area contributed by atoms with E-state index in [2.05, 4.69) is 6.07 Å². The minimum absolute atomic E-state index is 0.0700. The van der Waals surface area contributed by atoms with Crippen LogP contribution in [0, 0.1) is 0 Å². The molecule has 1 aromatic heterocycles. The number of benzene rings is 1. The molecule has 0 saturated heterocycles. The Morgan fingerprint density at radius 3 is 2.95 bits per heavy atom. The largest absolute Gasteiger partial charge is 0.309 e. The van der Waals surface area contributed by atoms with E-state index in [0.29, 0.717) is 0 Å². The Labute approximate surface area is 117 Å². The summed E-state index contributed by atoms with van der Waals surface area (Å²) in [6, 6.07) is 12.2. The molecule has 3 heteroatoms. The van der Waals surface area contributed by atoms with E-state index in [9.17, 15) is 4.79 Å². The van der Waals surface area contributed by atoms with Crippen molar-refractivity contribution in [2.24, 2.45) is 0 Å². The number of para-hydroxylation sites is 1. The lowest BCUT2D eigenvalue weighted by atomic mass is 10.0. The standard InChI is InChI=1S/C16H15NOS/c18-16(10-9-14-7-4-12-19-14)17-11-3-6-13-5-1-2-8-15(13)17/h1-2,4-5,7-10,12H,3,6,11H2/b10-9+. The summed E-state index contributed by atoms with van der Waals surface area (Å²) in [5, 5.41) is 2.01. The number of amides is 1. The van der Waals surface area contributed by atoms with Crippen LogP contribution in [0.4, 0.5) is 5.69 Å². The maximum Gasteiger partial charge on any atom is 0.251 e. The Balaban J connectivity index is 1.81. The first-order chi connectivity index (χ1) is 9.34. The van der Waals surface area contributed by atoms with Crippen LogP contribution in [-0.4, -0.2) is 12.5 Å². The Morgan fingerprint density at radius 1 is 1.21 bits per heavy atom. The van der Waals surface area contributed by atoms with Gasteiger partial charge in [-0.2, -0.15) is 0 Å². The molecule has 2 nitrogen and oxygen atoms in total. The van der Waals surface area contributed by atoms with Gasteiger partial charge in [0.25, 0.3) is 5.91 Å². The summed E-state index contributed by atoms with van der Waals surface area (Å²) in [5.41, 5.74) is 2.33. The first kappa shape index (κ1) is 12.2. The van der Waals surface area contributed by atoms with Gasteiger partial charge < -0.3 is 4.90 Å². The third kappa shape index (κ3) is 2.61. The molecule has 0 spiro atoms. The Morgan fingerprint density at radius 2 is 2.11 bits per heavy atom. The van der Waals surface area contributed by atoms with Crippen LogP contribution in [0.3, 0.4) is 0 Å². The summed E-state index contributed by atoms with van der Waals surface area (Å²) in [5.74, 6) is 0.0700. The van der Waals surface area contributed by atoms with Gasteiger partial charge in [0.2, 0.25) is 0 Å². The highest BCUT2D eigenvalue weighted by atomic mass is 32.1. The average Bonchev–Trinajstić information content (AvgIpc) is 2.97. The number of rotatable bonds is 2. The van der Waals surface area contributed by atoms with E-state index in [1.54, 1.807) is 17.4 Å². The summed E-state index contributed by atoms with van der Waals surface area (Å²) in [4.78, 5) is 15.3. The van der Waals surface area contributed by atoms with Crippen molar-refractivity contribution < 1.29 is 4.79 Å². The molecule has 3 rings (SSSR count). The van der Waals surface area contributed by atoms with Crippen LogP contribution in [0.2, 0.25) is 0 Å². The van der Waals surface area contributed by atoms with Crippen molar-refractivity contribution in [1.29, 1.82) is 0 Å². The molecule has 0 bridgehead atoms. The molecule has 1 amide bonds. The molecule has 0 aliphatic carbocycles. The first-order valence-electron chi connectivity index (χ1n) is 6.45. The van der Waals surface area contributed by atoms with Crippen LogP contribution >= 0.6 is 11.3 Å². The Hall–Kier alpha value is -1.87. The van der Waals surface area contributed by atoms with Crippen LogP contribution in [0.15, 0.2) is 47.9 Å². The molecule has 0 unspecified atom stereocenters. The van der Waals surface area contributed by atoms with Gasteiger partial charge in [-0.3, -0.25) is 4.79 Å². The molecular formula is C16H15NOS. The van der Waals surface area contributed by atoms with Gasteiger partial charge in [0, 0.05) is 23.2 Å². The van der Waals surface area contributed by atoms with E-state index in [1.165, 1.54) is 5.56 Å². The zero-order chi connectivity index (χ0) is 13.1. The highest BCUT2D eigenvalue weighted by molar-refractivity contribution is 7.10. The van der Waals surface area contributed by atoms with E-state index >= 15 is 0 Å². The fourth-order valence-corrected chi connectivity index (χ4v) is 3.01. The summed E-state index contributed by atoms with van der Waals surface area (Å²) < 4.78 is 0. The van der Waals surface area contributed by atoms with E-state index in [4.69, 9.17) is 0 Å². The van der Waals surface area contributed by atoms with E-state index in [0.717, 1.165) is 30.0 Å². The number of anilines is 1. The molecule has 1 aliphatic heterocycles. The van der Waals surface area contributed by atoms with Gasteiger partial charge in [-0.15, -0.1) is 11.3 Å². The van der Waals surface area contributed by atoms with Gasteiger partial charge in [-0.05, 0) is 42.0 Å². The van der Waals surface area contributed by atoms with Crippen molar-refractivity contribution in [2.45, 2.75) is 12.8 Å². The van der Waals surface area contributed by atoms with Gasteiger partial charge in [0.1, 0.15) is 0 Å². The van der Waals surface area contributed by atoms with E-state index in [1.807, 2.05) is 46.7 Å². The minimum atomic E-state index is 0.0700. The lowest BCUT2D eigenvalue weighted by Crippen LogP contribution is -2.34. The number of carbonyl (C=O) groups is 1. The number of fused-ring (bicyclic) bond motifs is 1. The van der Waals surface area contributed by atoms with Gasteiger partial charge in [0.15, 0.2) is 0 Å². The predicted octanol–water partition coefficient (Wildman–Crippen LogP) is 3.74. The molecular weight excluding hydrogens is 254 g/mol. The molecule has 96 valence electrons. The first-order valence-corrected chi connectivity index (χ1v) is 7.33.